The van der Waals surface area contributed by atoms with Crippen LogP contribution in [0.4, 0.5) is 5.69 Å². The fourth-order valence-corrected chi connectivity index (χ4v) is 2.35. The number of hydrogen-bond acceptors (Lipinski definition) is 3. The van der Waals surface area contributed by atoms with E-state index in [4.69, 9.17) is 11.6 Å². The molecule has 4 nitrogen and oxygen atoms in total. The first kappa shape index (κ1) is 14.3. The molecule has 19 heavy (non-hydrogen) atoms. The normalized spacial score (nSPS) is 11.6. The summed E-state index contributed by atoms with van der Waals surface area (Å²) in [4.78, 5) is 0. The third-order valence-electron chi connectivity index (χ3n) is 2.62. The van der Waals surface area contributed by atoms with Crippen LogP contribution in [0.25, 0.3) is 0 Å². The monoisotopic (exact) mass is 342 g/mol. The number of halogens is 2. The van der Waals surface area contributed by atoms with Crippen molar-refractivity contribution in [3.63, 3.8) is 0 Å². The molecule has 2 rings (SSSR count). The fourth-order valence-electron chi connectivity index (χ4n) is 1.53. The Morgan fingerprint density at radius 3 is 2.68 bits per heavy atom. The quantitative estimate of drug-likeness (QED) is 0.914. The van der Waals surface area contributed by atoms with Crippen molar-refractivity contribution >= 4 is 33.2 Å². The van der Waals surface area contributed by atoms with Gasteiger partial charge in [0.15, 0.2) is 0 Å². The van der Waals surface area contributed by atoms with Gasteiger partial charge in [0, 0.05) is 15.2 Å². The van der Waals surface area contributed by atoms with Crippen LogP contribution in [0.1, 0.15) is 26.5 Å². The lowest BCUT2D eigenvalue weighted by Crippen LogP contribution is -2.22. The summed E-state index contributed by atoms with van der Waals surface area (Å²) in [7, 11) is 0. The van der Waals surface area contributed by atoms with Crippen molar-refractivity contribution < 1.29 is 0 Å². The Balaban J connectivity index is 2.04. The second-order valence-corrected chi connectivity index (χ2v) is 6.59. The van der Waals surface area contributed by atoms with E-state index >= 15 is 0 Å². The third kappa shape index (κ3) is 3.70. The molecule has 0 bridgehead atoms. The van der Waals surface area contributed by atoms with Crippen LogP contribution < -0.4 is 5.32 Å². The van der Waals surface area contributed by atoms with E-state index in [1.54, 1.807) is 0 Å². The zero-order valence-electron chi connectivity index (χ0n) is 11.1. The van der Waals surface area contributed by atoms with Crippen molar-refractivity contribution in [2.24, 2.45) is 0 Å². The predicted octanol–water partition coefficient (Wildman–Crippen LogP) is 4.06. The molecule has 0 unspecified atom stereocenters. The van der Waals surface area contributed by atoms with Crippen LogP contribution in [-0.4, -0.2) is 15.0 Å². The van der Waals surface area contributed by atoms with E-state index in [0.29, 0.717) is 11.6 Å². The largest absolute Gasteiger partial charge is 0.378 e. The maximum Gasteiger partial charge on any atom is 0.102 e. The number of nitrogens with one attached hydrogen (secondary N) is 1. The SMILES string of the molecule is CC(C)(C)n1cc(CNc2ccc(Cl)cc2Br)nn1. The minimum absolute atomic E-state index is 0.0495. The van der Waals surface area contributed by atoms with Crippen molar-refractivity contribution in [3.05, 3.63) is 39.6 Å². The zero-order chi connectivity index (χ0) is 14.0. The maximum atomic E-state index is 5.90. The van der Waals surface area contributed by atoms with Crippen LogP contribution in [0.2, 0.25) is 5.02 Å². The second kappa shape index (κ2) is 5.51. The molecule has 0 spiro atoms. The Kier molecular flexibility index (Phi) is 4.16. The topological polar surface area (TPSA) is 42.7 Å². The molecule has 6 heteroatoms. The Hall–Kier alpha value is -1.07. The molecule has 0 aliphatic heterocycles. The average molecular weight is 344 g/mol. The number of hydrogen-bond donors (Lipinski definition) is 1. The van der Waals surface area contributed by atoms with Gasteiger partial charge in [-0.15, -0.1) is 5.10 Å². The van der Waals surface area contributed by atoms with E-state index in [0.717, 1.165) is 15.9 Å². The van der Waals surface area contributed by atoms with E-state index in [1.807, 2.05) is 29.1 Å². The summed E-state index contributed by atoms with van der Waals surface area (Å²) in [5.74, 6) is 0. The second-order valence-electron chi connectivity index (χ2n) is 5.30. The summed E-state index contributed by atoms with van der Waals surface area (Å²) < 4.78 is 2.80. The first-order chi connectivity index (χ1) is 8.86. The molecule has 1 N–H and O–H groups in total. The fraction of sp³-hybridized carbons (Fsp3) is 0.385. The van der Waals surface area contributed by atoms with Gasteiger partial charge >= 0.3 is 0 Å². The van der Waals surface area contributed by atoms with Gasteiger partial charge in [0.05, 0.1) is 18.3 Å². The standard InChI is InChI=1S/C13H16BrClN4/c1-13(2,3)19-8-10(17-18-19)7-16-12-5-4-9(15)6-11(12)14/h4-6,8,16H,7H2,1-3H3. The van der Waals surface area contributed by atoms with Crippen LogP contribution in [0.3, 0.4) is 0 Å². The predicted molar refractivity (Wildman–Crippen MR) is 81.5 cm³/mol. The Morgan fingerprint density at radius 2 is 2.11 bits per heavy atom. The molecule has 0 saturated carbocycles. The Morgan fingerprint density at radius 1 is 1.37 bits per heavy atom. The lowest BCUT2D eigenvalue weighted by molar-refractivity contribution is 0.347. The molecule has 1 aromatic heterocycles. The van der Waals surface area contributed by atoms with Gasteiger partial charge in [-0.1, -0.05) is 16.8 Å². The van der Waals surface area contributed by atoms with Gasteiger partial charge in [-0.2, -0.15) is 0 Å². The molecule has 1 heterocycles. The Bertz CT molecular complexity index is 574. The first-order valence-electron chi connectivity index (χ1n) is 5.97. The highest BCUT2D eigenvalue weighted by Gasteiger charge is 2.14. The molecule has 0 amide bonds. The van der Waals surface area contributed by atoms with Gasteiger partial charge in [-0.3, -0.25) is 0 Å². The lowest BCUT2D eigenvalue weighted by Gasteiger charge is -2.17. The number of rotatable bonds is 3. The van der Waals surface area contributed by atoms with Crippen LogP contribution in [0.5, 0.6) is 0 Å². The van der Waals surface area contributed by atoms with Gasteiger partial charge in [-0.25, -0.2) is 4.68 Å². The van der Waals surface area contributed by atoms with Crippen LogP contribution >= 0.6 is 27.5 Å². The summed E-state index contributed by atoms with van der Waals surface area (Å²) in [6, 6.07) is 5.64. The molecular weight excluding hydrogens is 328 g/mol. The number of anilines is 1. The third-order valence-corrected chi connectivity index (χ3v) is 3.51. The van der Waals surface area contributed by atoms with Gasteiger partial charge in [0.25, 0.3) is 0 Å². The van der Waals surface area contributed by atoms with Crippen LogP contribution in [0.15, 0.2) is 28.9 Å². The lowest BCUT2D eigenvalue weighted by atomic mass is 10.1. The van der Waals surface area contributed by atoms with E-state index in [-0.39, 0.29) is 5.54 Å². The van der Waals surface area contributed by atoms with E-state index in [2.05, 4.69) is 52.3 Å². The van der Waals surface area contributed by atoms with Crippen molar-refractivity contribution in [3.8, 4) is 0 Å². The minimum atomic E-state index is -0.0495. The van der Waals surface area contributed by atoms with Gasteiger partial charge in [0.1, 0.15) is 5.69 Å². The molecule has 0 radical (unpaired) electrons. The highest BCUT2D eigenvalue weighted by molar-refractivity contribution is 9.10. The molecule has 0 aliphatic rings. The first-order valence-corrected chi connectivity index (χ1v) is 7.14. The summed E-state index contributed by atoms with van der Waals surface area (Å²) in [5.41, 5.74) is 1.83. The van der Waals surface area contributed by atoms with Crippen LogP contribution in [0, 0.1) is 0 Å². The molecular formula is C13H16BrClN4. The zero-order valence-corrected chi connectivity index (χ0v) is 13.5. The maximum absolute atomic E-state index is 5.90. The average Bonchev–Trinajstić information content (AvgIpc) is 2.76. The van der Waals surface area contributed by atoms with E-state index in [9.17, 15) is 0 Å². The number of nitrogens with zero attached hydrogens (tertiary/aromatic N) is 3. The van der Waals surface area contributed by atoms with E-state index in [1.165, 1.54) is 0 Å². The summed E-state index contributed by atoms with van der Waals surface area (Å²) in [5, 5.41) is 12.3. The molecule has 0 aliphatic carbocycles. The number of aromatic nitrogens is 3. The van der Waals surface area contributed by atoms with Gasteiger partial charge in [0.2, 0.25) is 0 Å². The molecule has 1 aromatic carbocycles. The van der Waals surface area contributed by atoms with Crippen LogP contribution in [-0.2, 0) is 12.1 Å². The van der Waals surface area contributed by atoms with Gasteiger partial charge in [-0.05, 0) is 54.9 Å². The minimum Gasteiger partial charge on any atom is -0.378 e. The molecule has 0 atom stereocenters. The Labute approximate surface area is 126 Å². The molecule has 0 fully saturated rings. The summed E-state index contributed by atoms with van der Waals surface area (Å²) >= 11 is 9.37. The molecule has 2 aromatic rings. The highest BCUT2D eigenvalue weighted by Crippen LogP contribution is 2.26. The smallest absolute Gasteiger partial charge is 0.102 e. The van der Waals surface area contributed by atoms with E-state index < -0.39 is 0 Å². The van der Waals surface area contributed by atoms with Crippen molar-refractivity contribution in [2.75, 3.05) is 5.32 Å². The van der Waals surface area contributed by atoms with Crippen molar-refractivity contribution in [2.45, 2.75) is 32.9 Å². The summed E-state index contributed by atoms with van der Waals surface area (Å²) in [6.07, 6.45) is 1.96. The summed E-state index contributed by atoms with van der Waals surface area (Å²) in [6.45, 7) is 6.90. The molecule has 102 valence electrons. The number of benzene rings is 1. The highest BCUT2D eigenvalue weighted by atomic mass is 79.9. The molecule has 0 saturated heterocycles. The van der Waals surface area contributed by atoms with Crippen molar-refractivity contribution in [1.29, 1.82) is 0 Å². The van der Waals surface area contributed by atoms with Gasteiger partial charge < -0.3 is 5.32 Å². The van der Waals surface area contributed by atoms with Crippen molar-refractivity contribution in [1.82, 2.24) is 15.0 Å².